The Labute approximate surface area is 177 Å². The number of morpholine rings is 1. The second-order valence-electron chi connectivity index (χ2n) is 7.17. The van der Waals surface area contributed by atoms with E-state index in [1.54, 1.807) is 24.3 Å². The Balaban J connectivity index is 1.53. The highest BCUT2D eigenvalue weighted by Gasteiger charge is 2.21. The van der Waals surface area contributed by atoms with Gasteiger partial charge in [0.05, 0.1) is 30.2 Å². The van der Waals surface area contributed by atoms with Crippen LogP contribution in [0.15, 0.2) is 41.6 Å². The number of amides is 1. The molecule has 2 aromatic rings. The van der Waals surface area contributed by atoms with Crippen molar-refractivity contribution in [3.05, 3.63) is 53.6 Å². The molecule has 1 saturated heterocycles. The van der Waals surface area contributed by atoms with Crippen LogP contribution in [0.2, 0.25) is 0 Å². The SMILES string of the molecule is Cc1ccc(S(=O)(=O)N(C)Cc2ncc(C(=O)NCCN3CCOCC3)cn2)cc1. The van der Waals surface area contributed by atoms with Crippen LogP contribution in [0.3, 0.4) is 0 Å². The van der Waals surface area contributed by atoms with Crippen molar-refractivity contribution in [2.75, 3.05) is 46.4 Å². The summed E-state index contributed by atoms with van der Waals surface area (Å²) >= 11 is 0. The molecule has 2 heterocycles. The topological polar surface area (TPSA) is 105 Å². The van der Waals surface area contributed by atoms with E-state index in [1.807, 2.05) is 6.92 Å². The van der Waals surface area contributed by atoms with Gasteiger partial charge in [-0.15, -0.1) is 0 Å². The number of carbonyl (C=O) groups is 1. The third-order valence-corrected chi connectivity index (χ3v) is 6.70. The molecule has 0 atom stereocenters. The smallest absolute Gasteiger partial charge is 0.254 e. The van der Waals surface area contributed by atoms with Crippen LogP contribution < -0.4 is 5.32 Å². The minimum absolute atomic E-state index is 0.00907. The van der Waals surface area contributed by atoms with E-state index in [1.165, 1.54) is 23.7 Å². The number of benzene rings is 1. The minimum atomic E-state index is -3.64. The van der Waals surface area contributed by atoms with Crippen LogP contribution in [-0.4, -0.2) is 79.9 Å². The fourth-order valence-electron chi connectivity index (χ4n) is 2.98. The van der Waals surface area contributed by atoms with E-state index in [2.05, 4.69) is 20.2 Å². The molecule has 0 unspecified atom stereocenters. The van der Waals surface area contributed by atoms with Gasteiger partial charge in [0.25, 0.3) is 5.91 Å². The molecule has 1 N–H and O–H groups in total. The van der Waals surface area contributed by atoms with Crippen molar-refractivity contribution < 1.29 is 17.9 Å². The molecule has 1 fully saturated rings. The molecule has 0 bridgehead atoms. The molecule has 0 saturated carbocycles. The van der Waals surface area contributed by atoms with Gasteiger partial charge in [-0.25, -0.2) is 18.4 Å². The predicted octanol–water partition coefficient (Wildman–Crippen LogP) is 0.668. The van der Waals surface area contributed by atoms with Gasteiger partial charge in [0.2, 0.25) is 10.0 Å². The summed E-state index contributed by atoms with van der Waals surface area (Å²) in [5, 5.41) is 2.85. The molecule has 1 aliphatic rings. The molecule has 0 spiro atoms. The van der Waals surface area contributed by atoms with Crippen LogP contribution in [0.4, 0.5) is 0 Å². The van der Waals surface area contributed by atoms with Gasteiger partial charge in [0.15, 0.2) is 0 Å². The van der Waals surface area contributed by atoms with Gasteiger partial charge < -0.3 is 10.1 Å². The van der Waals surface area contributed by atoms with Gasteiger partial charge in [0, 0.05) is 45.6 Å². The Hall–Kier alpha value is -2.40. The highest BCUT2D eigenvalue weighted by molar-refractivity contribution is 7.89. The van der Waals surface area contributed by atoms with Crippen LogP contribution in [0.25, 0.3) is 0 Å². The van der Waals surface area contributed by atoms with Gasteiger partial charge in [-0.05, 0) is 19.1 Å². The molecule has 3 rings (SSSR count). The fourth-order valence-corrected chi connectivity index (χ4v) is 4.11. The molecule has 162 valence electrons. The van der Waals surface area contributed by atoms with Crippen molar-refractivity contribution in [2.45, 2.75) is 18.4 Å². The first-order valence-corrected chi connectivity index (χ1v) is 11.2. The van der Waals surface area contributed by atoms with E-state index in [0.29, 0.717) is 17.9 Å². The van der Waals surface area contributed by atoms with Crippen LogP contribution in [0.1, 0.15) is 21.7 Å². The van der Waals surface area contributed by atoms with Gasteiger partial charge >= 0.3 is 0 Å². The number of carbonyl (C=O) groups excluding carboxylic acids is 1. The largest absolute Gasteiger partial charge is 0.379 e. The summed E-state index contributed by atoms with van der Waals surface area (Å²) in [6.45, 7) is 6.37. The molecule has 30 heavy (non-hydrogen) atoms. The van der Waals surface area contributed by atoms with Crippen molar-refractivity contribution in [1.29, 1.82) is 0 Å². The van der Waals surface area contributed by atoms with E-state index in [4.69, 9.17) is 4.74 Å². The first-order chi connectivity index (χ1) is 14.4. The van der Waals surface area contributed by atoms with Crippen LogP contribution in [-0.2, 0) is 21.3 Å². The second-order valence-corrected chi connectivity index (χ2v) is 9.22. The number of rotatable bonds is 8. The number of aromatic nitrogens is 2. The third kappa shape index (κ3) is 5.82. The summed E-state index contributed by atoms with van der Waals surface area (Å²) in [6.07, 6.45) is 2.83. The molecule has 0 aliphatic carbocycles. The van der Waals surface area contributed by atoms with Crippen molar-refractivity contribution in [1.82, 2.24) is 24.5 Å². The number of ether oxygens (including phenoxy) is 1. The monoisotopic (exact) mass is 433 g/mol. The Morgan fingerprint density at radius 1 is 1.17 bits per heavy atom. The molecule has 1 aliphatic heterocycles. The fraction of sp³-hybridized carbons (Fsp3) is 0.450. The van der Waals surface area contributed by atoms with E-state index in [0.717, 1.165) is 38.4 Å². The number of hydrogen-bond acceptors (Lipinski definition) is 7. The van der Waals surface area contributed by atoms with E-state index in [9.17, 15) is 13.2 Å². The molecule has 10 heteroatoms. The van der Waals surface area contributed by atoms with Crippen LogP contribution in [0, 0.1) is 6.92 Å². The lowest BCUT2D eigenvalue weighted by molar-refractivity contribution is 0.0383. The van der Waals surface area contributed by atoms with Crippen LogP contribution >= 0.6 is 0 Å². The van der Waals surface area contributed by atoms with Gasteiger partial charge in [-0.2, -0.15) is 4.31 Å². The summed E-state index contributed by atoms with van der Waals surface area (Å²) in [4.78, 5) is 23.0. The summed E-state index contributed by atoms with van der Waals surface area (Å²) in [7, 11) is -2.17. The molecule has 1 aromatic carbocycles. The first-order valence-electron chi connectivity index (χ1n) is 9.78. The highest BCUT2D eigenvalue weighted by atomic mass is 32.2. The lowest BCUT2D eigenvalue weighted by Crippen LogP contribution is -2.41. The predicted molar refractivity (Wildman–Crippen MR) is 111 cm³/mol. The zero-order chi connectivity index (χ0) is 21.6. The normalized spacial score (nSPS) is 15.3. The molecular weight excluding hydrogens is 406 g/mol. The molecule has 1 aromatic heterocycles. The molecule has 0 radical (unpaired) electrons. The number of sulfonamides is 1. The summed E-state index contributed by atoms with van der Waals surface area (Å²) in [5.41, 5.74) is 1.32. The number of nitrogens with zero attached hydrogens (tertiary/aromatic N) is 4. The Bertz CT molecular complexity index is 942. The van der Waals surface area contributed by atoms with Crippen LogP contribution in [0.5, 0.6) is 0 Å². The van der Waals surface area contributed by atoms with Crippen molar-refractivity contribution in [3.63, 3.8) is 0 Å². The van der Waals surface area contributed by atoms with Crippen molar-refractivity contribution >= 4 is 15.9 Å². The lowest BCUT2D eigenvalue weighted by Gasteiger charge is -2.26. The van der Waals surface area contributed by atoms with Gasteiger partial charge in [0.1, 0.15) is 5.82 Å². The summed E-state index contributed by atoms with van der Waals surface area (Å²) < 4.78 is 31.8. The lowest BCUT2D eigenvalue weighted by atomic mass is 10.2. The Morgan fingerprint density at radius 3 is 2.43 bits per heavy atom. The zero-order valence-electron chi connectivity index (χ0n) is 17.2. The second kappa shape index (κ2) is 10.1. The first kappa shape index (κ1) is 22.3. The third-order valence-electron chi connectivity index (χ3n) is 4.88. The van der Waals surface area contributed by atoms with Crippen molar-refractivity contribution in [2.24, 2.45) is 0 Å². The van der Waals surface area contributed by atoms with Gasteiger partial charge in [-0.1, -0.05) is 17.7 Å². The average molecular weight is 434 g/mol. The maximum absolute atomic E-state index is 12.7. The van der Waals surface area contributed by atoms with Crippen molar-refractivity contribution in [3.8, 4) is 0 Å². The van der Waals surface area contributed by atoms with E-state index < -0.39 is 10.0 Å². The zero-order valence-corrected chi connectivity index (χ0v) is 18.1. The number of nitrogens with one attached hydrogen (secondary N) is 1. The average Bonchev–Trinajstić information content (AvgIpc) is 2.75. The van der Waals surface area contributed by atoms with E-state index >= 15 is 0 Å². The summed E-state index contributed by atoms with van der Waals surface area (Å²) in [6, 6.07) is 6.66. The summed E-state index contributed by atoms with van der Waals surface area (Å²) in [5.74, 6) is 0.0634. The molecular formula is C20H27N5O4S. The maximum Gasteiger partial charge on any atom is 0.254 e. The number of hydrogen-bond donors (Lipinski definition) is 1. The minimum Gasteiger partial charge on any atom is -0.379 e. The maximum atomic E-state index is 12.7. The Morgan fingerprint density at radius 2 is 1.80 bits per heavy atom. The standard InChI is InChI=1S/C20H27N5O4S/c1-16-3-5-18(6-4-16)30(27,28)24(2)15-19-22-13-17(14-23-19)20(26)21-7-8-25-9-11-29-12-10-25/h3-6,13-14H,7-12,15H2,1-2H3,(H,21,26). The quantitative estimate of drug-likeness (QED) is 0.652. The number of aryl methyl sites for hydroxylation is 1. The van der Waals surface area contributed by atoms with E-state index in [-0.39, 0.29) is 17.3 Å². The van der Waals surface area contributed by atoms with Gasteiger partial charge in [-0.3, -0.25) is 9.69 Å². The Kier molecular flexibility index (Phi) is 7.48. The molecule has 9 nitrogen and oxygen atoms in total. The highest BCUT2D eigenvalue weighted by Crippen LogP contribution is 2.16. The molecule has 1 amide bonds.